The minimum atomic E-state index is -2.06. The van der Waals surface area contributed by atoms with Crippen molar-refractivity contribution in [2.45, 2.75) is 77.8 Å². The van der Waals surface area contributed by atoms with Crippen LogP contribution < -0.4 is 26.3 Å². The molecule has 1 aliphatic heterocycles. The normalized spacial score (nSPS) is 14.8. The third-order valence-electron chi connectivity index (χ3n) is 6.81. The second-order valence-electron chi connectivity index (χ2n) is 9.54. The molecule has 0 atom stereocenters. The largest absolute Gasteiger partial charge is 0.481 e. The Morgan fingerprint density at radius 1 is 1.03 bits per heavy atom. The lowest BCUT2D eigenvalue weighted by molar-refractivity contribution is -0.137. The van der Waals surface area contributed by atoms with Crippen molar-refractivity contribution >= 4 is 41.9 Å². The number of carboxylic acid groups (broad SMARTS) is 1. The molecule has 172 valence electrons. The van der Waals surface area contributed by atoms with Gasteiger partial charge in [-0.2, -0.15) is 0 Å². The van der Waals surface area contributed by atoms with Gasteiger partial charge >= 0.3 is 5.97 Å². The van der Waals surface area contributed by atoms with Crippen molar-refractivity contribution in [2.75, 3.05) is 11.9 Å². The Kier molecular flexibility index (Phi) is 7.94. The first kappa shape index (κ1) is 24.2. The first-order chi connectivity index (χ1) is 15.3. The minimum Gasteiger partial charge on any atom is -0.481 e. The highest BCUT2D eigenvalue weighted by Gasteiger charge is 2.47. The molecule has 2 aromatic carbocycles. The number of rotatable bonds is 10. The molecule has 0 unspecified atom stereocenters. The first-order valence-corrected chi connectivity index (χ1v) is 14.3. The minimum absolute atomic E-state index is 0.258. The molecule has 0 bridgehead atoms. The van der Waals surface area contributed by atoms with Gasteiger partial charge < -0.3 is 10.4 Å². The van der Waals surface area contributed by atoms with Crippen molar-refractivity contribution in [3.63, 3.8) is 0 Å². The Morgan fingerprint density at radius 2 is 1.78 bits per heavy atom. The average Bonchev–Trinajstić information content (AvgIpc) is 2.74. The van der Waals surface area contributed by atoms with E-state index in [1.807, 2.05) is 0 Å². The Labute approximate surface area is 193 Å². The van der Waals surface area contributed by atoms with Gasteiger partial charge in [-0.25, -0.2) is 4.99 Å². The van der Waals surface area contributed by atoms with Gasteiger partial charge in [-0.1, -0.05) is 59.2 Å². The van der Waals surface area contributed by atoms with E-state index in [4.69, 9.17) is 10.1 Å². The highest BCUT2D eigenvalue weighted by molar-refractivity contribution is 7.05. The SMILES string of the molecule is CC/C=c1\ccc2c(c1)[Si](C(C)C)(C(C)C)c1cc(NCCCCCC(=O)O)ccc1N=2. The lowest BCUT2D eigenvalue weighted by Crippen LogP contribution is -2.69. The summed E-state index contributed by atoms with van der Waals surface area (Å²) in [6.07, 6.45) is 6.24. The van der Waals surface area contributed by atoms with Gasteiger partial charge in [0, 0.05) is 18.7 Å². The molecule has 5 heteroatoms. The zero-order chi connectivity index (χ0) is 23.3. The Balaban J connectivity index is 1.98. The van der Waals surface area contributed by atoms with Crippen LogP contribution in [0.15, 0.2) is 41.4 Å². The van der Waals surface area contributed by atoms with Crippen LogP contribution in [-0.4, -0.2) is 25.7 Å². The summed E-state index contributed by atoms with van der Waals surface area (Å²) < 4.78 is 0. The molecule has 1 heterocycles. The van der Waals surface area contributed by atoms with Crippen molar-refractivity contribution in [1.29, 1.82) is 0 Å². The lowest BCUT2D eigenvalue weighted by atomic mass is 10.2. The molecule has 0 aliphatic carbocycles. The summed E-state index contributed by atoms with van der Waals surface area (Å²) in [7, 11) is -2.06. The highest BCUT2D eigenvalue weighted by atomic mass is 28.3. The van der Waals surface area contributed by atoms with E-state index >= 15 is 0 Å². The maximum Gasteiger partial charge on any atom is 0.303 e. The monoisotopic (exact) mass is 450 g/mol. The molecular formula is C27H38N2O2Si. The average molecular weight is 451 g/mol. The number of nitrogens with zero attached hydrogens (tertiary/aromatic N) is 1. The van der Waals surface area contributed by atoms with Crippen LogP contribution in [0.4, 0.5) is 11.4 Å². The van der Waals surface area contributed by atoms with Gasteiger partial charge in [-0.3, -0.25) is 4.79 Å². The standard InChI is InChI=1S/C27H38N2O2Si/c1-6-10-21-12-14-23-25(17-21)32(19(2)3,20(4)5)26-18-22(13-15-24(26)29-23)28-16-9-7-8-11-27(30)31/h10,12-15,17-20,28H,6-9,11,16H2,1-5H3,(H,30,31)/b21-10+. The fraction of sp³-hybridized carbons (Fsp3) is 0.481. The molecule has 0 saturated carbocycles. The fourth-order valence-corrected chi connectivity index (χ4v) is 11.5. The van der Waals surface area contributed by atoms with Crippen LogP contribution in [0.2, 0.25) is 11.1 Å². The number of hydrogen-bond donors (Lipinski definition) is 2. The zero-order valence-corrected chi connectivity index (χ0v) is 21.2. The Bertz CT molecular complexity index is 1070. The molecule has 0 spiro atoms. The third kappa shape index (κ3) is 4.83. The van der Waals surface area contributed by atoms with Crippen molar-refractivity contribution in [1.82, 2.24) is 0 Å². The van der Waals surface area contributed by atoms with Gasteiger partial charge in [-0.05, 0) is 70.2 Å². The second-order valence-corrected chi connectivity index (χ2v) is 14.7. The molecule has 4 nitrogen and oxygen atoms in total. The fourth-order valence-electron chi connectivity index (χ4n) is 5.42. The maximum absolute atomic E-state index is 10.7. The van der Waals surface area contributed by atoms with Gasteiger partial charge in [0.15, 0.2) is 0 Å². The molecule has 2 N–H and O–H groups in total. The van der Waals surface area contributed by atoms with E-state index in [0.717, 1.165) is 49.0 Å². The summed E-state index contributed by atoms with van der Waals surface area (Å²) in [6, 6.07) is 13.5. The van der Waals surface area contributed by atoms with Crippen LogP contribution in [-0.2, 0) is 4.79 Å². The summed E-state index contributed by atoms with van der Waals surface area (Å²) in [5.41, 5.74) is 3.39. The van der Waals surface area contributed by atoms with Gasteiger partial charge in [0.05, 0.1) is 11.0 Å². The van der Waals surface area contributed by atoms with Crippen LogP contribution in [0.25, 0.3) is 6.08 Å². The number of anilines is 1. The van der Waals surface area contributed by atoms with E-state index in [2.05, 4.69) is 82.4 Å². The third-order valence-corrected chi connectivity index (χ3v) is 13.0. The summed E-state index contributed by atoms with van der Waals surface area (Å²) in [6.45, 7) is 12.6. The smallest absolute Gasteiger partial charge is 0.303 e. The molecule has 32 heavy (non-hydrogen) atoms. The zero-order valence-electron chi connectivity index (χ0n) is 20.2. The van der Waals surface area contributed by atoms with E-state index in [0.29, 0.717) is 11.1 Å². The Hall–Kier alpha value is -2.40. The molecule has 0 amide bonds. The van der Waals surface area contributed by atoms with E-state index in [9.17, 15) is 4.79 Å². The number of unbranched alkanes of at least 4 members (excludes halogenated alkanes) is 2. The predicted molar refractivity (Wildman–Crippen MR) is 138 cm³/mol. The van der Waals surface area contributed by atoms with Crippen LogP contribution in [0.3, 0.4) is 0 Å². The summed E-state index contributed by atoms with van der Waals surface area (Å²) in [5, 5.41) is 17.7. The molecule has 2 aromatic rings. The summed E-state index contributed by atoms with van der Waals surface area (Å²) >= 11 is 0. The number of nitrogens with one attached hydrogen (secondary N) is 1. The van der Waals surface area contributed by atoms with Crippen molar-refractivity contribution in [2.24, 2.45) is 4.99 Å². The van der Waals surface area contributed by atoms with Crippen molar-refractivity contribution in [3.8, 4) is 0 Å². The topological polar surface area (TPSA) is 61.7 Å². The van der Waals surface area contributed by atoms with Crippen LogP contribution in [0.5, 0.6) is 0 Å². The van der Waals surface area contributed by atoms with Gasteiger partial charge in [-0.15, -0.1) is 0 Å². The molecule has 0 aromatic heterocycles. The van der Waals surface area contributed by atoms with Crippen LogP contribution >= 0.6 is 0 Å². The van der Waals surface area contributed by atoms with Crippen molar-refractivity contribution < 1.29 is 9.90 Å². The summed E-state index contributed by atoms with van der Waals surface area (Å²) in [5.74, 6) is -0.708. The number of aliphatic carboxylic acids is 1. The quantitative estimate of drug-likeness (QED) is 0.411. The van der Waals surface area contributed by atoms with E-state index < -0.39 is 14.0 Å². The molecule has 3 rings (SSSR count). The summed E-state index contributed by atoms with van der Waals surface area (Å²) in [4.78, 5) is 15.8. The van der Waals surface area contributed by atoms with Gasteiger partial charge in [0.2, 0.25) is 0 Å². The molecule has 1 aliphatic rings. The highest BCUT2D eigenvalue weighted by Crippen LogP contribution is 2.35. The predicted octanol–water partition coefficient (Wildman–Crippen LogP) is 4.58. The molecule has 0 saturated heterocycles. The molecular weight excluding hydrogens is 412 g/mol. The number of hydrogen-bond acceptors (Lipinski definition) is 3. The van der Waals surface area contributed by atoms with Gasteiger partial charge in [0.1, 0.15) is 8.07 Å². The lowest BCUT2D eigenvalue weighted by Gasteiger charge is -2.43. The van der Waals surface area contributed by atoms with E-state index in [1.165, 1.54) is 15.6 Å². The van der Waals surface area contributed by atoms with Crippen LogP contribution in [0.1, 0.15) is 66.7 Å². The number of carbonyl (C=O) groups is 1. The van der Waals surface area contributed by atoms with Crippen molar-refractivity contribution in [3.05, 3.63) is 47.0 Å². The number of carboxylic acids is 1. The Morgan fingerprint density at radius 3 is 2.44 bits per heavy atom. The van der Waals surface area contributed by atoms with Gasteiger partial charge in [0.25, 0.3) is 0 Å². The van der Waals surface area contributed by atoms with E-state index in [-0.39, 0.29) is 6.42 Å². The first-order valence-electron chi connectivity index (χ1n) is 12.1. The number of benzene rings is 2. The molecule has 0 radical (unpaired) electrons. The molecule has 0 fully saturated rings. The number of fused-ring (bicyclic) bond motifs is 2. The van der Waals surface area contributed by atoms with E-state index in [1.54, 1.807) is 0 Å². The maximum atomic E-state index is 10.7. The second kappa shape index (κ2) is 10.5. The van der Waals surface area contributed by atoms with Crippen LogP contribution in [0, 0.1) is 0 Å².